The molecule has 0 aromatic heterocycles. The highest BCUT2D eigenvalue weighted by Gasteiger charge is 2.41. The Morgan fingerprint density at radius 1 is 1.00 bits per heavy atom. The molecule has 1 amide bonds. The van der Waals surface area contributed by atoms with Crippen LogP contribution in [0.4, 0.5) is 11.4 Å². The maximum absolute atomic E-state index is 13.7. The Bertz CT molecular complexity index is 1330. The summed E-state index contributed by atoms with van der Waals surface area (Å²) in [6, 6.07) is 25.2. The van der Waals surface area contributed by atoms with Gasteiger partial charge in [0.1, 0.15) is 5.75 Å². The lowest BCUT2D eigenvalue weighted by molar-refractivity contribution is -0.120. The van der Waals surface area contributed by atoms with E-state index in [1.165, 1.54) is 0 Å². The van der Waals surface area contributed by atoms with Gasteiger partial charge in [0.15, 0.2) is 5.78 Å². The third-order valence-electron chi connectivity index (χ3n) is 7.08. The van der Waals surface area contributed by atoms with Crippen molar-refractivity contribution < 1.29 is 14.3 Å². The SMILES string of the molecule is COc1ccc(C2C3=C(CC(C)(C)CC3=O)Nc3ccccc3N2CC(=O)NCc2ccccc2)cc1. The molecule has 1 aliphatic carbocycles. The van der Waals surface area contributed by atoms with Crippen LogP contribution < -0.4 is 20.3 Å². The molecule has 2 N–H and O–H groups in total. The van der Waals surface area contributed by atoms with Crippen LogP contribution >= 0.6 is 0 Å². The summed E-state index contributed by atoms with van der Waals surface area (Å²) in [4.78, 5) is 29.1. The zero-order valence-corrected chi connectivity index (χ0v) is 21.6. The van der Waals surface area contributed by atoms with Gasteiger partial charge in [-0.25, -0.2) is 0 Å². The van der Waals surface area contributed by atoms with Crippen molar-refractivity contribution in [2.75, 3.05) is 23.9 Å². The van der Waals surface area contributed by atoms with Gasteiger partial charge in [-0.2, -0.15) is 0 Å². The van der Waals surface area contributed by atoms with Gasteiger partial charge in [0.05, 0.1) is 31.1 Å². The molecular weight excluding hydrogens is 462 g/mol. The third-order valence-corrected chi connectivity index (χ3v) is 7.08. The number of methoxy groups -OCH3 is 1. The van der Waals surface area contributed by atoms with Crippen LogP contribution in [0.5, 0.6) is 5.75 Å². The number of hydrogen-bond acceptors (Lipinski definition) is 5. The molecule has 6 nitrogen and oxygen atoms in total. The molecule has 0 saturated carbocycles. The first kappa shape index (κ1) is 24.6. The summed E-state index contributed by atoms with van der Waals surface area (Å²) in [7, 11) is 1.64. The number of nitrogens with zero attached hydrogens (tertiary/aromatic N) is 1. The van der Waals surface area contributed by atoms with Crippen molar-refractivity contribution in [1.82, 2.24) is 5.32 Å². The average molecular weight is 496 g/mol. The Hall–Kier alpha value is -4.06. The fourth-order valence-corrected chi connectivity index (χ4v) is 5.37. The number of carbonyl (C=O) groups is 2. The van der Waals surface area contributed by atoms with E-state index >= 15 is 0 Å². The lowest BCUT2D eigenvalue weighted by Crippen LogP contribution is -2.41. The normalized spacial score (nSPS) is 18.3. The number of benzene rings is 3. The first-order valence-electron chi connectivity index (χ1n) is 12.7. The van der Waals surface area contributed by atoms with Crippen LogP contribution in [0.3, 0.4) is 0 Å². The second-order valence-electron chi connectivity index (χ2n) is 10.5. The van der Waals surface area contributed by atoms with Crippen LogP contribution in [-0.2, 0) is 16.1 Å². The molecule has 0 bridgehead atoms. The Kier molecular flexibility index (Phi) is 6.74. The second kappa shape index (κ2) is 10.1. The minimum absolute atomic E-state index is 0.107. The van der Waals surface area contributed by atoms with E-state index in [0.29, 0.717) is 13.0 Å². The average Bonchev–Trinajstić information content (AvgIpc) is 3.02. The zero-order valence-electron chi connectivity index (χ0n) is 21.6. The first-order valence-corrected chi connectivity index (χ1v) is 12.7. The predicted molar refractivity (Wildman–Crippen MR) is 146 cm³/mol. The molecule has 190 valence electrons. The number of Topliss-reactive ketones (excluding diaryl/α,β-unsaturated/α-hetero) is 1. The molecule has 0 radical (unpaired) electrons. The van der Waals surface area contributed by atoms with Crippen molar-refractivity contribution in [1.29, 1.82) is 0 Å². The minimum atomic E-state index is -0.414. The van der Waals surface area contributed by atoms with Gasteiger partial charge in [0.25, 0.3) is 0 Å². The number of fused-ring (bicyclic) bond motifs is 1. The largest absolute Gasteiger partial charge is 0.497 e. The molecule has 6 heteroatoms. The van der Waals surface area contributed by atoms with E-state index in [1.54, 1.807) is 7.11 Å². The van der Waals surface area contributed by atoms with Gasteiger partial charge in [-0.1, -0.05) is 68.4 Å². The number of carbonyl (C=O) groups excluding carboxylic acids is 2. The van der Waals surface area contributed by atoms with Crippen LogP contribution in [0.15, 0.2) is 90.1 Å². The van der Waals surface area contributed by atoms with E-state index in [1.807, 2.05) is 78.9 Å². The van der Waals surface area contributed by atoms with Crippen LogP contribution in [0.1, 0.15) is 43.9 Å². The van der Waals surface area contributed by atoms with E-state index in [9.17, 15) is 9.59 Å². The molecule has 1 heterocycles. The van der Waals surface area contributed by atoms with Crippen molar-refractivity contribution in [3.05, 3.63) is 101 Å². The van der Waals surface area contributed by atoms with Crippen LogP contribution in [0.25, 0.3) is 0 Å². The van der Waals surface area contributed by atoms with Gasteiger partial charge >= 0.3 is 0 Å². The molecule has 1 atom stereocenters. The van der Waals surface area contributed by atoms with E-state index in [-0.39, 0.29) is 23.7 Å². The Labute approximate surface area is 218 Å². The summed E-state index contributed by atoms with van der Waals surface area (Å²) in [5.41, 5.74) is 5.28. The van der Waals surface area contributed by atoms with Crippen molar-refractivity contribution in [3.63, 3.8) is 0 Å². The number of ketones is 1. The molecule has 1 aliphatic heterocycles. The van der Waals surface area contributed by atoms with E-state index in [2.05, 4.69) is 29.4 Å². The van der Waals surface area contributed by atoms with E-state index < -0.39 is 6.04 Å². The summed E-state index contributed by atoms with van der Waals surface area (Å²) in [5.74, 6) is 0.750. The van der Waals surface area contributed by atoms with Gasteiger partial charge in [0.2, 0.25) is 5.91 Å². The Morgan fingerprint density at radius 3 is 2.43 bits per heavy atom. The summed E-state index contributed by atoms with van der Waals surface area (Å²) < 4.78 is 5.39. The molecule has 5 rings (SSSR count). The van der Waals surface area contributed by atoms with E-state index in [4.69, 9.17) is 4.74 Å². The number of ether oxygens (including phenoxy) is 1. The first-order chi connectivity index (χ1) is 17.8. The van der Waals surface area contributed by atoms with Crippen LogP contribution in [0, 0.1) is 5.41 Å². The van der Waals surface area contributed by atoms with Gasteiger partial charge in [-0.05, 0) is 47.2 Å². The Morgan fingerprint density at radius 2 is 1.70 bits per heavy atom. The molecule has 1 unspecified atom stereocenters. The molecular formula is C31H33N3O3. The summed E-state index contributed by atoms with van der Waals surface area (Å²) in [6.07, 6.45) is 1.22. The molecule has 3 aromatic rings. The van der Waals surface area contributed by atoms with Crippen molar-refractivity contribution in [2.24, 2.45) is 5.41 Å². The lowest BCUT2D eigenvalue weighted by atomic mass is 9.73. The summed E-state index contributed by atoms with van der Waals surface area (Å²) in [5, 5.41) is 6.65. The van der Waals surface area contributed by atoms with Gasteiger partial charge in [-0.15, -0.1) is 0 Å². The number of rotatable bonds is 6. The molecule has 2 aliphatic rings. The van der Waals surface area contributed by atoms with Gasteiger partial charge in [0, 0.05) is 24.2 Å². The van der Waals surface area contributed by atoms with Crippen molar-refractivity contribution in [2.45, 2.75) is 39.3 Å². The minimum Gasteiger partial charge on any atom is -0.497 e. The number of allylic oxidation sites excluding steroid dienone is 1. The second-order valence-corrected chi connectivity index (χ2v) is 10.5. The van der Waals surface area contributed by atoms with Crippen molar-refractivity contribution in [3.8, 4) is 5.75 Å². The molecule has 3 aromatic carbocycles. The zero-order chi connectivity index (χ0) is 26.0. The van der Waals surface area contributed by atoms with Crippen molar-refractivity contribution >= 4 is 23.1 Å². The summed E-state index contributed by atoms with van der Waals surface area (Å²) >= 11 is 0. The third kappa shape index (κ3) is 5.24. The molecule has 37 heavy (non-hydrogen) atoms. The Balaban J connectivity index is 1.58. The molecule has 0 spiro atoms. The van der Waals surface area contributed by atoms with Crippen LogP contribution in [-0.4, -0.2) is 25.3 Å². The smallest absolute Gasteiger partial charge is 0.239 e. The van der Waals surface area contributed by atoms with E-state index in [0.717, 1.165) is 45.9 Å². The molecule has 0 saturated heterocycles. The fourth-order valence-electron chi connectivity index (χ4n) is 5.37. The predicted octanol–water partition coefficient (Wildman–Crippen LogP) is 5.63. The summed E-state index contributed by atoms with van der Waals surface area (Å²) in [6.45, 7) is 4.81. The van der Waals surface area contributed by atoms with Gasteiger partial charge in [-0.3, -0.25) is 9.59 Å². The van der Waals surface area contributed by atoms with Crippen LogP contribution in [0.2, 0.25) is 0 Å². The number of anilines is 2. The monoisotopic (exact) mass is 495 g/mol. The highest BCUT2D eigenvalue weighted by molar-refractivity contribution is 6.01. The number of nitrogens with one attached hydrogen (secondary N) is 2. The highest BCUT2D eigenvalue weighted by atomic mass is 16.5. The number of para-hydroxylation sites is 2. The van der Waals surface area contributed by atoms with Gasteiger partial charge < -0.3 is 20.3 Å². The number of hydrogen-bond donors (Lipinski definition) is 2. The lowest BCUT2D eigenvalue weighted by Gasteiger charge is -2.38. The maximum Gasteiger partial charge on any atom is 0.239 e. The standard InChI is InChI=1S/C31H33N3O3/c1-31(2)17-25-29(27(35)18-31)30(22-13-15-23(37-3)16-14-22)34(26-12-8-7-11-24(26)33-25)20-28(36)32-19-21-9-5-4-6-10-21/h4-16,30,33H,17-20H2,1-3H3,(H,32,36). The quantitative estimate of drug-likeness (QED) is 0.464. The number of amides is 1. The topological polar surface area (TPSA) is 70.7 Å². The fraction of sp³-hybridized carbons (Fsp3) is 0.290. The molecule has 0 fully saturated rings. The maximum atomic E-state index is 13.7. The highest BCUT2D eigenvalue weighted by Crippen LogP contribution is 2.48.